The molecule has 1 fully saturated rings. The molecule has 0 saturated heterocycles. The number of nitrogens with zero attached hydrogens (tertiary/aromatic N) is 2. The number of allylic oxidation sites excluding steroid dienone is 2. The number of carbonyl (C=O) groups excluding carboxylic acids is 2. The van der Waals surface area contributed by atoms with Crippen LogP contribution in [0.3, 0.4) is 0 Å². The summed E-state index contributed by atoms with van der Waals surface area (Å²) >= 11 is 1.45. The number of thiophene rings is 1. The van der Waals surface area contributed by atoms with Crippen LogP contribution in [0.25, 0.3) is 5.57 Å². The van der Waals surface area contributed by atoms with Gasteiger partial charge in [-0.3, -0.25) is 4.79 Å². The first kappa shape index (κ1) is 24.5. The summed E-state index contributed by atoms with van der Waals surface area (Å²) in [5, 5.41) is 8.97. The Hall–Kier alpha value is -2.13. The van der Waals surface area contributed by atoms with E-state index in [0.29, 0.717) is 22.9 Å². The lowest BCUT2D eigenvalue weighted by molar-refractivity contribution is -0.124. The van der Waals surface area contributed by atoms with Crippen LogP contribution in [0.15, 0.2) is 12.1 Å². The highest BCUT2D eigenvalue weighted by atomic mass is 32.1. The molecule has 6 heteroatoms. The summed E-state index contributed by atoms with van der Waals surface area (Å²) in [6.07, 6.45) is 12.6. The maximum atomic E-state index is 13.8. The second-order valence-corrected chi connectivity index (χ2v) is 10.4. The number of esters is 1. The third-order valence-electron chi connectivity index (χ3n) is 6.90. The summed E-state index contributed by atoms with van der Waals surface area (Å²) in [4.78, 5) is 30.0. The number of methoxy groups -OCH3 is 1. The molecule has 2 aliphatic carbocycles. The molecular formula is C26H36N2O3S. The summed E-state index contributed by atoms with van der Waals surface area (Å²) in [5.74, 6) is 0.393. The molecule has 174 valence electrons. The molecule has 5 nitrogen and oxygen atoms in total. The van der Waals surface area contributed by atoms with Crippen molar-refractivity contribution in [3.05, 3.63) is 21.9 Å². The fourth-order valence-corrected chi connectivity index (χ4v) is 6.04. The minimum atomic E-state index is -0.382. The van der Waals surface area contributed by atoms with Crippen LogP contribution < -0.4 is 4.90 Å². The fourth-order valence-electron chi connectivity index (χ4n) is 4.90. The predicted molar refractivity (Wildman–Crippen MR) is 130 cm³/mol. The molecule has 0 aromatic carbocycles. The van der Waals surface area contributed by atoms with Gasteiger partial charge < -0.3 is 9.64 Å². The van der Waals surface area contributed by atoms with Gasteiger partial charge in [0.15, 0.2) is 0 Å². The van der Waals surface area contributed by atoms with Gasteiger partial charge in [0.1, 0.15) is 4.88 Å². The highest BCUT2D eigenvalue weighted by Gasteiger charge is 2.35. The molecule has 32 heavy (non-hydrogen) atoms. The molecule has 1 atom stereocenters. The van der Waals surface area contributed by atoms with E-state index in [1.165, 1.54) is 30.4 Å². The van der Waals surface area contributed by atoms with Gasteiger partial charge in [-0.2, -0.15) is 5.26 Å². The van der Waals surface area contributed by atoms with Gasteiger partial charge in [0, 0.05) is 23.3 Å². The highest BCUT2D eigenvalue weighted by Crippen LogP contribution is 2.41. The number of unbranched alkanes of at least 4 members (excludes halogenated alkanes) is 1. The highest BCUT2D eigenvalue weighted by molar-refractivity contribution is 7.15. The minimum Gasteiger partial charge on any atom is -0.465 e. The first-order chi connectivity index (χ1) is 15.5. The number of anilines is 1. The summed E-state index contributed by atoms with van der Waals surface area (Å²) in [6, 6.07) is 4.16. The number of ether oxygens (including phenoxy) is 1. The largest absolute Gasteiger partial charge is 0.465 e. The van der Waals surface area contributed by atoms with Crippen molar-refractivity contribution in [1.29, 1.82) is 5.26 Å². The van der Waals surface area contributed by atoms with E-state index in [1.807, 2.05) is 17.9 Å². The van der Waals surface area contributed by atoms with Crippen LogP contribution in [0.4, 0.5) is 5.69 Å². The van der Waals surface area contributed by atoms with Gasteiger partial charge in [0.25, 0.3) is 0 Å². The van der Waals surface area contributed by atoms with Crippen LogP contribution >= 0.6 is 11.3 Å². The summed E-state index contributed by atoms with van der Waals surface area (Å²) < 4.78 is 5.12. The van der Waals surface area contributed by atoms with Crippen LogP contribution in [0.2, 0.25) is 0 Å². The van der Waals surface area contributed by atoms with Crippen molar-refractivity contribution in [2.24, 2.45) is 11.8 Å². The van der Waals surface area contributed by atoms with Crippen molar-refractivity contribution < 1.29 is 14.3 Å². The van der Waals surface area contributed by atoms with Crippen molar-refractivity contribution >= 4 is 34.5 Å². The molecule has 0 spiro atoms. The van der Waals surface area contributed by atoms with Gasteiger partial charge in [0.05, 0.1) is 18.9 Å². The quantitative estimate of drug-likeness (QED) is 0.321. The van der Waals surface area contributed by atoms with Gasteiger partial charge in [-0.05, 0) is 88.7 Å². The lowest BCUT2D eigenvalue weighted by Crippen LogP contribution is -2.44. The molecule has 0 bridgehead atoms. The standard InChI is InChI=1S/C26H36N2O3S/c1-18-12-14-21(15-13-18)25(29)28(19(2)9-7-8-16-27)22-17-23(20-10-5-4-6-11-20)32-24(22)26(30)31-3/h10,17-19,21H,4-9,11-15H2,1-3H3. The van der Waals surface area contributed by atoms with Crippen molar-refractivity contribution in [2.45, 2.75) is 90.5 Å². The van der Waals surface area contributed by atoms with Crippen LogP contribution in [-0.2, 0) is 9.53 Å². The molecule has 1 aromatic heterocycles. The Balaban J connectivity index is 1.99. The number of rotatable bonds is 8. The zero-order chi connectivity index (χ0) is 23.1. The van der Waals surface area contributed by atoms with Crippen molar-refractivity contribution in [1.82, 2.24) is 0 Å². The van der Waals surface area contributed by atoms with E-state index in [2.05, 4.69) is 19.1 Å². The average molecular weight is 457 g/mol. The number of hydrogen-bond acceptors (Lipinski definition) is 5. The van der Waals surface area contributed by atoms with E-state index in [0.717, 1.165) is 62.7 Å². The molecule has 1 aromatic rings. The maximum absolute atomic E-state index is 13.8. The Kier molecular flexibility index (Phi) is 8.92. The van der Waals surface area contributed by atoms with E-state index in [4.69, 9.17) is 10.00 Å². The Morgan fingerprint density at radius 2 is 2.03 bits per heavy atom. The second-order valence-electron chi connectivity index (χ2n) is 9.36. The van der Waals surface area contributed by atoms with Crippen LogP contribution in [0, 0.1) is 23.2 Å². The molecule has 3 rings (SSSR count). The molecule has 1 amide bonds. The molecule has 1 heterocycles. The Bertz CT molecular complexity index is 874. The molecule has 2 aliphatic rings. The molecule has 0 aliphatic heterocycles. The lowest BCUT2D eigenvalue weighted by atomic mass is 9.82. The zero-order valence-corrected chi connectivity index (χ0v) is 20.5. The number of nitriles is 1. The molecule has 1 unspecified atom stereocenters. The number of carbonyl (C=O) groups is 2. The number of hydrogen-bond donors (Lipinski definition) is 0. The Morgan fingerprint density at radius 1 is 1.28 bits per heavy atom. The van der Waals surface area contributed by atoms with E-state index >= 15 is 0 Å². The summed E-state index contributed by atoms with van der Waals surface area (Å²) in [5.41, 5.74) is 1.96. The summed E-state index contributed by atoms with van der Waals surface area (Å²) in [6.45, 7) is 4.29. The van der Waals surface area contributed by atoms with E-state index < -0.39 is 0 Å². The van der Waals surface area contributed by atoms with Crippen LogP contribution in [-0.4, -0.2) is 25.0 Å². The Morgan fingerprint density at radius 3 is 2.66 bits per heavy atom. The van der Waals surface area contributed by atoms with Gasteiger partial charge in [-0.15, -0.1) is 11.3 Å². The van der Waals surface area contributed by atoms with Gasteiger partial charge in [-0.1, -0.05) is 13.0 Å². The SMILES string of the molecule is COC(=O)c1sc(C2=CCCCC2)cc1N(C(=O)C1CCC(C)CC1)C(C)CCCC#N. The zero-order valence-electron chi connectivity index (χ0n) is 19.7. The number of amides is 1. The van der Waals surface area contributed by atoms with E-state index in [9.17, 15) is 9.59 Å². The third kappa shape index (κ3) is 5.81. The Labute approximate surface area is 196 Å². The molecular weight excluding hydrogens is 420 g/mol. The van der Waals surface area contributed by atoms with Crippen molar-refractivity contribution in [3.8, 4) is 6.07 Å². The molecule has 0 radical (unpaired) electrons. The van der Waals surface area contributed by atoms with Crippen molar-refractivity contribution in [3.63, 3.8) is 0 Å². The predicted octanol–water partition coefficient (Wildman–Crippen LogP) is 6.73. The van der Waals surface area contributed by atoms with Crippen LogP contribution in [0.1, 0.15) is 99.0 Å². The lowest BCUT2D eigenvalue weighted by Gasteiger charge is -2.35. The molecule has 1 saturated carbocycles. The van der Waals surface area contributed by atoms with E-state index in [-0.39, 0.29) is 23.8 Å². The topological polar surface area (TPSA) is 70.4 Å². The average Bonchev–Trinajstić information content (AvgIpc) is 3.25. The normalized spacial score (nSPS) is 21.9. The third-order valence-corrected chi connectivity index (χ3v) is 8.08. The molecule has 0 N–H and O–H groups in total. The second kappa shape index (κ2) is 11.7. The first-order valence-electron chi connectivity index (χ1n) is 12.1. The van der Waals surface area contributed by atoms with Gasteiger partial charge in [-0.25, -0.2) is 4.79 Å². The fraction of sp³-hybridized carbons (Fsp3) is 0.654. The minimum absolute atomic E-state index is 0.00707. The van der Waals surface area contributed by atoms with Crippen molar-refractivity contribution in [2.75, 3.05) is 12.0 Å². The van der Waals surface area contributed by atoms with Crippen LogP contribution in [0.5, 0.6) is 0 Å². The van der Waals surface area contributed by atoms with E-state index in [1.54, 1.807) is 0 Å². The van der Waals surface area contributed by atoms with Gasteiger partial charge in [0.2, 0.25) is 5.91 Å². The smallest absolute Gasteiger partial charge is 0.350 e. The first-order valence-corrected chi connectivity index (χ1v) is 12.9. The monoisotopic (exact) mass is 456 g/mol. The summed E-state index contributed by atoms with van der Waals surface area (Å²) in [7, 11) is 1.40. The van der Waals surface area contributed by atoms with Gasteiger partial charge >= 0.3 is 5.97 Å². The maximum Gasteiger partial charge on any atom is 0.350 e.